The predicted molar refractivity (Wildman–Crippen MR) is 67.3 cm³/mol. The number of hydrogen-bond acceptors (Lipinski definition) is 2. The van der Waals surface area contributed by atoms with E-state index >= 15 is 0 Å². The van der Waals surface area contributed by atoms with Crippen molar-refractivity contribution < 1.29 is 5.11 Å². The highest BCUT2D eigenvalue weighted by Crippen LogP contribution is 2.15. The Balaban J connectivity index is 2.55. The van der Waals surface area contributed by atoms with Gasteiger partial charge in [-0.15, -0.1) is 0 Å². The Kier molecular flexibility index (Phi) is 5.03. The zero-order valence-corrected chi connectivity index (χ0v) is 10.7. The molecular weight excluding hydrogens is 200 g/mol. The van der Waals surface area contributed by atoms with Gasteiger partial charge in [-0.3, -0.25) is 0 Å². The van der Waals surface area contributed by atoms with Gasteiger partial charge >= 0.3 is 0 Å². The van der Waals surface area contributed by atoms with E-state index in [0.717, 1.165) is 25.9 Å². The van der Waals surface area contributed by atoms with E-state index in [1.165, 1.54) is 5.69 Å². The van der Waals surface area contributed by atoms with Crippen molar-refractivity contribution in [2.24, 2.45) is 0 Å². The maximum atomic E-state index is 9.05. The summed E-state index contributed by atoms with van der Waals surface area (Å²) in [6.07, 6.45) is 3.93. The predicted octanol–water partition coefficient (Wildman–Crippen LogP) is 2.15. The van der Waals surface area contributed by atoms with Crippen LogP contribution in [0.2, 0.25) is 0 Å². The minimum Gasteiger partial charge on any atom is -0.396 e. The maximum absolute atomic E-state index is 9.05. The molecule has 16 heavy (non-hydrogen) atoms. The number of aryl methyl sites for hydroxylation is 1. The van der Waals surface area contributed by atoms with Gasteiger partial charge in [0.25, 0.3) is 0 Å². The molecule has 0 radical (unpaired) electrons. The molecule has 0 fully saturated rings. The van der Waals surface area contributed by atoms with Gasteiger partial charge in [-0.25, -0.2) is 0 Å². The Hall–Kier alpha value is -0.800. The largest absolute Gasteiger partial charge is 0.396 e. The lowest BCUT2D eigenvalue weighted by Gasteiger charge is -2.29. The monoisotopic (exact) mass is 224 g/mol. The molecule has 0 bridgehead atoms. The van der Waals surface area contributed by atoms with Crippen LogP contribution in [0.3, 0.4) is 0 Å². The molecule has 0 aliphatic rings. The van der Waals surface area contributed by atoms with Gasteiger partial charge in [-0.2, -0.15) is 0 Å². The minimum atomic E-state index is 0.0393. The summed E-state index contributed by atoms with van der Waals surface area (Å²) < 4.78 is 2.24. The van der Waals surface area contributed by atoms with Gasteiger partial charge in [0.2, 0.25) is 0 Å². The number of nitrogens with zero attached hydrogens (tertiary/aromatic N) is 1. The molecule has 1 rings (SSSR count). The Morgan fingerprint density at radius 3 is 2.75 bits per heavy atom. The zero-order valence-electron chi connectivity index (χ0n) is 10.7. The minimum absolute atomic E-state index is 0.0393. The van der Waals surface area contributed by atoms with Gasteiger partial charge in [0, 0.05) is 37.1 Å². The molecule has 3 nitrogen and oxygen atoms in total. The second kappa shape index (κ2) is 6.06. The fourth-order valence-corrected chi connectivity index (χ4v) is 1.86. The van der Waals surface area contributed by atoms with Crippen molar-refractivity contribution in [1.82, 2.24) is 9.88 Å². The van der Waals surface area contributed by atoms with Crippen LogP contribution in [0.25, 0.3) is 0 Å². The van der Waals surface area contributed by atoms with Gasteiger partial charge < -0.3 is 15.0 Å². The molecule has 0 aliphatic heterocycles. The van der Waals surface area contributed by atoms with E-state index in [-0.39, 0.29) is 12.1 Å². The summed E-state index contributed by atoms with van der Waals surface area (Å²) in [4.78, 5) is 0. The van der Waals surface area contributed by atoms with Crippen molar-refractivity contribution in [2.75, 3.05) is 6.61 Å². The van der Waals surface area contributed by atoms with Crippen molar-refractivity contribution >= 4 is 0 Å². The topological polar surface area (TPSA) is 37.2 Å². The van der Waals surface area contributed by atoms with Crippen LogP contribution in [0, 0.1) is 0 Å². The number of aliphatic hydroxyl groups excluding tert-OH is 1. The van der Waals surface area contributed by atoms with Gasteiger partial charge in [-0.1, -0.05) is 6.92 Å². The van der Waals surface area contributed by atoms with Gasteiger partial charge in [0.05, 0.1) is 0 Å². The Morgan fingerprint density at radius 1 is 1.44 bits per heavy atom. The van der Waals surface area contributed by atoms with Crippen LogP contribution in [0.4, 0.5) is 0 Å². The summed E-state index contributed by atoms with van der Waals surface area (Å²) in [5, 5.41) is 12.6. The van der Waals surface area contributed by atoms with Crippen LogP contribution in [0.5, 0.6) is 0 Å². The second-order valence-corrected chi connectivity index (χ2v) is 4.53. The van der Waals surface area contributed by atoms with Crippen LogP contribution in [-0.2, 0) is 13.1 Å². The highest BCUT2D eigenvalue weighted by Gasteiger charge is 2.20. The number of aromatic nitrogens is 1. The van der Waals surface area contributed by atoms with E-state index in [0.29, 0.717) is 0 Å². The molecule has 92 valence electrons. The van der Waals surface area contributed by atoms with E-state index in [9.17, 15) is 0 Å². The molecule has 2 N–H and O–H groups in total. The first-order chi connectivity index (χ1) is 7.65. The smallest absolute Gasteiger partial charge is 0.0448 e. The molecular formula is C13H24N2O. The van der Waals surface area contributed by atoms with Crippen LogP contribution in [0.15, 0.2) is 18.3 Å². The lowest BCUT2D eigenvalue weighted by Crippen LogP contribution is -2.42. The van der Waals surface area contributed by atoms with Crippen LogP contribution < -0.4 is 5.32 Å². The fraction of sp³-hybridized carbons (Fsp3) is 0.692. The van der Waals surface area contributed by atoms with E-state index in [1.54, 1.807) is 0 Å². The lowest BCUT2D eigenvalue weighted by atomic mass is 9.95. The molecule has 1 aromatic heterocycles. The number of aliphatic hydroxyl groups is 1. The van der Waals surface area contributed by atoms with Crippen molar-refractivity contribution in [2.45, 2.75) is 52.2 Å². The molecule has 0 aliphatic carbocycles. The zero-order chi connectivity index (χ0) is 12.0. The molecule has 0 saturated heterocycles. The third kappa shape index (κ3) is 3.35. The van der Waals surface area contributed by atoms with Crippen LogP contribution in [0.1, 0.15) is 39.3 Å². The quantitative estimate of drug-likeness (QED) is 0.744. The van der Waals surface area contributed by atoms with Crippen LogP contribution >= 0.6 is 0 Å². The summed E-state index contributed by atoms with van der Waals surface area (Å²) >= 11 is 0. The molecule has 0 spiro atoms. The number of nitrogens with one attached hydrogen (secondary N) is 1. The Morgan fingerprint density at radius 2 is 2.19 bits per heavy atom. The first-order valence-electron chi connectivity index (χ1n) is 6.15. The van der Waals surface area contributed by atoms with Gasteiger partial charge in [-0.05, 0) is 38.8 Å². The molecule has 1 unspecified atom stereocenters. The molecule has 0 aromatic carbocycles. The molecule has 1 aromatic rings. The standard InChI is InChI=1S/C13H24N2O/c1-4-13(3,8-10-16)14-11-12-7-6-9-15(12)5-2/h6-7,9,14,16H,4-5,8,10-11H2,1-3H3. The molecule has 1 heterocycles. The van der Waals surface area contributed by atoms with E-state index in [4.69, 9.17) is 5.11 Å². The maximum Gasteiger partial charge on any atom is 0.0448 e. The summed E-state index contributed by atoms with van der Waals surface area (Å²) in [5.74, 6) is 0. The van der Waals surface area contributed by atoms with Gasteiger partial charge in [0.1, 0.15) is 0 Å². The summed E-state index contributed by atoms with van der Waals surface area (Å²) in [7, 11) is 0. The number of hydrogen-bond donors (Lipinski definition) is 2. The molecule has 0 amide bonds. The van der Waals surface area contributed by atoms with E-state index < -0.39 is 0 Å². The van der Waals surface area contributed by atoms with E-state index in [2.05, 4.69) is 49.0 Å². The van der Waals surface area contributed by atoms with Crippen molar-refractivity contribution in [3.05, 3.63) is 24.0 Å². The first-order valence-corrected chi connectivity index (χ1v) is 6.15. The fourth-order valence-electron chi connectivity index (χ4n) is 1.86. The normalized spacial score (nSPS) is 15.0. The summed E-state index contributed by atoms with van der Waals surface area (Å²) in [6, 6.07) is 4.22. The highest BCUT2D eigenvalue weighted by molar-refractivity contribution is 5.07. The second-order valence-electron chi connectivity index (χ2n) is 4.53. The number of rotatable bonds is 7. The Labute approximate surface area is 98.5 Å². The first kappa shape index (κ1) is 13.3. The average Bonchev–Trinajstić information content (AvgIpc) is 2.74. The van der Waals surface area contributed by atoms with Crippen LogP contribution in [-0.4, -0.2) is 21.8 Å². The average molecular weight is 224 g/mol. The third-order valence-electron chi connectivity index (χ3n) is 3.40. The van der Waals surface area contributed by atoms with Gasteiger partial charge in [0.15, 0.2) is 0 Å². The Bertz CT molecular complexity index is 309. The van der Waals surface area contributed by atoms with Crippen molar-refractivity contribution in [1.29, 1.82) is 0 Å². The third-order valence-corrected chi connectivity index (χ3v) is 3.40. The lowest BCUT2D eigenvalue weighted by molar-refractivity contribution is 0.213. The SMILES string of the molecule is CCn1cccc1CNC(C)(CC)CCO. The summed E-state index contributed by atoms with van der Waals surface area (Å²) in [6.45, 7) is 8.59. The molecule has 0 saturated carbocycles. The van der Waals surface area contributed by atoms with Crippen molar-refractivity contribution in [3.63, 3.8) is 0 Å². The van der Waals surface area contributed by atoms with Crippen molar-refractivity contribution in [3.8, 4) is 0 Å². The molecule has 3 heteroatoms. The summed E-state index contributed by atoms with van der Waals surface area (Å²) in [5.41, 5.74) is 1.34. The highest BCUT2D eigenvalue weighted by atomic mass is 16.3. The van der Waals surface area contributed by atoms with E-state index in [1.807, 2.05) is 0 Å². The molecule has 1 atom stereocenters.